The number of halogens is 1. The van der Waals surface area contributed by atoms with Crippen molar-refractivity contribution in [1.82, 2.24) is 9.62 Å². The molecule has 0 atom stereocenters. The van der Waals surface area contributed by atoms with E-state index in [1.54, 1.807) is 13.8 Å². The zero-order chi connectivity index (χ0) is 16.8. The topological polar surface area (TPSA) is 92.8 Å². The Hall–Kier alpha value is -2.00. The van der Waals surface area contributed by atoms with Gasteiger partial charge >= 0.3 is 6.09 Å². The van der Waals surface area contributed by atoms with Gasteiger partial charge in [-0.25, -0.2) is 17.6 Å². The summed E-state index contributed by atoms with van der Waals surface area (Å²) in [5.41, 5.74) is 0. The Kier molecular flexibility index (Phi) is 6.44. The highest BCUT2D eigenvalue weighted by Crippen LogP contribution is 2.15. The molecule has 1 N–H and O–H groups in total. The van der Waals surface area contributed by atoms with E-state index >= 15 is 0 Å². The third-order valence-corrected chi connectivity index (χ3v) is 4.58. The van der Waals surface area contributed by atoms with Crippen LogP contribution in [-0.4, -0.2) is 44.4 Å². The van der Waals surface area contributed by atoms with Gasteiger partial charge in [0.15, 0.2) is 0 Å². The molecule has 7 nitrogen and oxygen atoms in total. The lowest BCUT2D eigenvalue weighted by atomic mass is 10.4. The second kappa shape index (κ2) is 7.85. The number of carbonyl (C=O) groups excluding carboxylic acids is 2. The Balaban J connectivity index is 2.84. The maximum absolute atomic E-state index is 12.9. The number of nitrogens with one attached hydrogen (secondary N) is 1. The van der Waals surface area contributed by atoms with Crippen molar-refractivity contribution >= 4 is 22.0 Å². The second-order valence-corrected chi connectivity index (χ2v) is 6.09. The summed E-state index contributed by atoms with van der Waals surface area (Å²) in [5, 5.41) is 1.91. The molecule has 0 saturated carbocycles. The van der Waals surface area contributed by atoms with Crippen LogP contribution in [-0.2, 0) is 19.6 Å². The molecule has 0 bridgehead atoms. The lowest BCUT2D eigenvalue weighted by molar-refractivity contribution is -0.120. The quantitative estimate of drug-likeness (QED) is 0.842. The fourth-order valence-corrected chi connectivity index (χ4v) is 3.01. The number of sulfonamides is 1. The van der Waals surface area contributed by atoms with Gasteiger partial charge in [0.05, 0.1) is 18.0 Å². The molecular formula is C13H17FN2O5S. The molecular weight excluding hydrogens is 315 g/mol. The second-order valence-electron chi connectivity index (χ2n) is 4.15. The maximum atomic E-state index is 12.9. The fraction of sp³-hybridized carbons (Fsp3) is 0.385. The van der Waals surface area contributed by atoms with E-state index in [9.17, 15) is 22.4 Å². The van der Waals surface area contributed by atoms with Crippen molar-refractivity contribution in [1.29, 1.82) is 0 Å². The van der Waals surface area contributed by atoms with Gasteiger partial charge in [0, 0.05) is 6.54 Å². The van der Waals surface area contributed by atoms with Crippen molar-refractivity contribution in [3.63, 3.8) is 0 Å². The molecule has 122 valence electrons. The molecule has 2 amide bonds. The maximum Gasteiger partial charge on any atom is 0.413 e. The Morgan fingerprint density at radius 3 is 2.32 bits per heavy atom. The van der Waals surface area contributed by atoms with E-state index in [0.29, 0.717) is 0 Å². The average Bonchev–Trinajstić information content (AvgIpc) is 2.45. The van der Waals surface area contributed by atoms with E-state index in [1.807, 2.05) is 5.32 Å². The van der Waals surface area contributed by atoms with Crippen LogP contribution in [0.25, 0.3) is 0 Å². The molecule has 0 aliphatic heterocycles. The molecule has 0 heterocycles. The highest BCUT2D eigenvalue weighted by molar-refractivity contribution is 7.89. The van der Waals surface area contributed by atoms with Crippen molar-refractivity contribution in [2.75, 3.05) is 19.7 Å². The summed E-state index contributed by atoms with van der Waals surface area (Å²) in [4.78, 5) is 22.6. The molecule has 0 spiro atoms. The number of ether oxygens (including phenoxy) is 1. The smallest absolute Gasteiger partial charge is 0.413 e. The molecule has 0 aliphatic rings. The van der Waals surface area contributed by atoms with Crippen molar-refractivity contribution in [3.8, 4) is 0 Å². The summed E-state index contributed by atoms with van der Waals surface area (Å²) in [6.45, 7) is 2.66. The molecule has 1 aromatic carbocycles. The zero-order valence-corrected chi connectivity index (χ0v) is 13.0. The Morgan fingerprint density at radius 1 is 1.23 bits per heavy atom. The summed E-state index contributed by atoms with van der Waals surface area (Å²) in [7, 11) is -3.96. The molecule has 1 aromatic rings. The number of rotatable bonds is 6. The first-order valence-corrected chi connectivity index (χ1v) is 7.97. The predicted octanol–water partition coefficient (Wildman–Crippen LogP) is 1.11. The van der Waals surface area contributed by atoms with Gasteiger partial charge in [-0.3, -0.25) is 10.1 Å². The molecule has 0 saturated heterocycles. The van der Waals surface area contributed by atoms with E-state index in [1.165, 1.54) is 0 Å². The molecule has 1 rings (SSSR count). The Bertz CT molecular complexity index is 630. The van der Waals surface area contributed by atoms with E-state index in [0.717, 1.165) is 28.6 Å². The summed E-state index contributed by atoms with van der Waals surface area (Å²) in [6.07, 6.45) is -0.942. The predicted molar refractivity (Wildman–Crippen MR) is 76.0 cm³/mol. The third kappa shape index (κ3) is 4.78. The molecule has 0 aromatic heterocycles. The first kappa shape index (κ1) is 18.1. The highest BCUT2D eigenvalue weighted by Gasteiger charge is 2.26. The molecule has 22 heavy (non-hydrogen) atoms. The minimum Gasteiger partial charge on any atom is -0.450 e. The van der Waals surface area contributed by atoms with Crippen LogP contribution in [0.5, 0.6) is 0 Å². The lowest BCUT2D eigenvalue weighted by Gasteiger charge is -2.19. The van der Waals surface area contributed by atoms with Crippen LogP contribution in [0, 0.1) is 5.82 Å². The first-order valence-electron chi connectivity index (χ1n) is 6.53. The fourth-order valence-electron chi connectivity index (χ4n) is 1.60. The molecule has 0 aliphatic carbocycles. The van der Waals surface area contributed by atoms with Gasteiger partial charge in [0.25, 0.3) is 0 Å². The van der Waals surface area contributed by atoms with Crippen molar-refractivity contribution in [2.45, 2.75) is 18.7 Å². The van der Waals surface area contributed by atoms with E-state index < -0.39 is 34.4 Å². The number of hydrogen-bond acceptors (Lipinski definition) is 5. The van der Waals surface area contributed by atoms with Gasteiger partial charge in [-0.15, -0.1) is 0 Å². The number of alkyl carbamates (subject to hydrolysis) is 1. The summed E-state index contributed by atoms with van der Waals surface area (Å²) in [6, 6.07) is 4.24. The van der Waals surface area contributed by atoms with Crippen LogP contribution in [0.2, 0.25) is 0 Å². The Labute approximate surface area is 128 Å². The number of hydrogen-bond donors (Lipinski definition) is 1. The van der Waals surface area contributed by atoms with Crippen LogP contribution >= 0.6 is 0 Å². The summed E-state index contributed by atoms with van der Waals surface area (Å²) in [5.74, 6) is -1.38. The minimum atomic E-state index is -3.96. The normalized spacial score (nSPS) is 11.3. The highest BCUT2D eigenvalue weighted by atomic mass is 32.2. The number of amides is 2. The van der Waals surface area contributed by atoms with Gasteiger partial charge < -0.3 is 4.74 Å². The van der Waals surface area contributed by atoms with Crippen LogP contribution < -0.4 is 5.32 Å². The molecule has 0 radical (unpaired) electrons. The minimum absolute atomic E-state index is 0.00988. The third-order valence-electron chi connectivity index (χ3n) is 2.64. The van der Waals surface area contributed by atoms with E-state index in [2.05, 4.69) is 4.74 Å². The summed E-state index contributed by atoms with van der Waals surface area (Å²) < 4.78 is 42.9. The van der Waals surface area contributed by atoms with E-state index in [-0.39, 0.29) is 18.0 Å². The largest absolute Gasteiger partial charge is 0.450 e. The van der Waals surface area contributed by atoms with Crippen molar-refractivity contribution < 1.29 is 27.1 Å². The number of likely N-dealkylation sites (N-methyl/N-ethyl adjacent to an activating group) is 1. The van der Waals surface area contributed by atoms with Gasteiger partial charge in [-0.2, -0.15) is 4.31 Å². The van der Waals surface area contributed by atoms with Gasteiger partial charge in [0.1, 0.15) is 5.82 Å². The number of carbonyl (C=O) groups is 2. The van der Waals surface area contributed by atoms with Gasteiger partial charge in [0.2, 0.25) is 15.9 Å². The number of benzene rings is 1. The van der Waals surface area contributed by atoms with Crippen LogP contribution in [0.4, 0.5) is 9.18 Å². The number of nitrogens with zero attached hydrogens (tertiary/aromatic N) is 1. The molecule has 0 fully saturated rings. The molecule has 0 unspecified atom stereocenters. The monoisotopic (exact) mass is 332 g/mol. The molecule has 9 heteroatoms. The van der Waals surface area contributed by atoms with Gasteiger partial charge in [-0.05, 0) is 31.2 Å². The van der Waals surface area contributed by atoms with Crippen LogP contribution in [0.1, 0.15) is 13.8 Å². The average molecular weight is 332 g/mol. The van der Waals surface area contributed by atoms with Gasteiger partial charge in [-0.1, -0.05) is 6.92 Å². The van der Waals surface area contributed by atoms with Crippen molar-refractivity contribution in [3.05, 3.63) is 30.1 Å². The zero-order valence-electron chi connectivity index (χ0n) is 12.2. The standard InChI is InChI=1S/C13H17FN2O5S/c1-3-16(9-12(17)15-13(18)21-4-2)22(19,20)11-7-5-10(14)6-8-11/h5-8H,3-4,9H2,1-2H3,(H,15,17,18). The van der Waals surface area contributed by atoms with E-state index in [4.69, 9.17) is 0 Å². The Morgan fingerprint density at radius 2 is 1.82 bits per heavy atom. The number of imide groups is 1. The van der Waals surface area contributed by atoms with Crippen LogP contribution in [0.3, 0.4) is 0 Å². The lowest BCUT2D eigenvalue weighted by Crippen LogP contribution is -2.42. The summed E-state index contributed by atoms with van der Waals surface area (Å²) >= 11 is 0. The van der Waals surface area contributed by atoms with Crippen LogP contribution in [0.15, 0.2) is 29.2 Å². The SMILES string of the molecule is CCOC(=O)NC(=O)CN(CC)S(=O)(=O)c1ccc(F)cc1. The van der Waals surface area contributed by atoms with Crippen molar-refractivity contribution in [2.24, 2.45) is 0 Å². The first-order chi connectivity index (χ1) is 10.3.